The van der Waals surface area contributed by atoms with Crippen molar-refractivity contribution in [2.45, 2.75) is 12.2 Å². The van der Waals surface area contributed by atoms with Crippen molar-refractivity contribution in [2.24, 2.45) is 17.2 Å². The minimum atomic E-state index is -1.29. The van der Waals surface area contributed by atoms with Crippen molar-refractivity contribution in [2.75, 3.05) is 14.2 Å². The van der Waals surface area contributed by atoms with Gasteiger partial charge >= 0.3 is 0 Å². The van der Waals surface area contributed by atoms with Gasteiger partial charge in [-0.2, -0.15) is 0 Å². The Morgan fingerprint density at radius 2 is 1.88 bits per heavy atom. The van der Waals surface area contributed by atoms with E-state index in [0.29, 0.717) is 11.5 Å². The molecule has 0 atom stereocenters. The molecule has 0 aliphatic heterocycles. The van der Waals surface area contributed by atoms with E-state index >= 15 is 0 Å². The average Bonchev–Trinajstić information content (AvgIpc) is 2.25. The van der Waals surface area contributed by atoms with E-state index in [1.165, 1.54) is 0 Å². The van der Waals surface area contributed by atoms with Gasteiger partial charge in [0.15, 0.2) is 11.5 Å². The molecule has 5 heteroatoms. The first-order chi connectivity index (χ1) is 7.91. The van der Waals surface area contributed by atoms with Crippen LogP contribution in [0.25, 0.3) is 6.08 Å². The Balaban J connectivity index is 3.29. The SMILES string of the molecule is C=Cc1cc(CC(N)(N)N)c(OC)c(OC)c1. The minimum absolute atomic E-state index is 0.272. The van der Waals surface area contributed by atoms with Crippen molar-refractivity contribution in [3.05, 3.63) is 29.8 Å². The number of hydrogen-bond donors (Lipinski definition) is 3. The second kappa shape index (κ2) is 5.18. The van der Waals surface area contributed by atoms with Gasteiger partial charge in [0.25, 0.3) is 0 Å². The van der Waals surface area contributed by atoms with Gasteiger partial charge in [-0.15, -0.1) is 0 Å². The van der Waals surface area contributed by atoms with E-state index in [-0.39, 0.29) is 6.42 Å². The lowest BCUT2D eigenvalue weighted by Crippen LogP contribution is -2.59. The molecule has 0 spiro atoms. The van der Waals surface area contributed by atoms with Gasteiger partial charge in [-0.3, -0.25) is 0 Å². The fourth-order valence-electron chi connectivity index (χ4n) is 1.65. The molecule has 0 aromatic heterocycles. The molecule has 0 heterocycles. The highest BCUT2D eigenvalue weighted by Crippen LogP contribution is 2.33. The monoisotopic (exact) mass is 237 g/mol. The molecule has 0 fully saturated rings. The topological polar surface area (TPSA) is 96.5 Å². The molecule has 1 rings (SSSR count). The maximum Gasteiger partial charge on any atom is 0.164 e. The van der Waals surface area contributed by atoms with Gasteiger partial charge in [0.1, 0.15) is 5.79 Å². The third kappa shape index (κ3) is 3.45. The molecule has 0 bridgehead atoms. The third-order valence-corrected chi connectivity index (χ3v) is 2.31. The summed E-state index contributed by atoms with van der Waals surface area (Å²) >= 11 is 0. The van der Waals surface area contributed by atoms with Gasteiger partial charge in [0.2, 0.25) is 0 Å². The van der Waals surface area contributed by atoms with Crippen molar-refractivity contribution in [1.82, 2.24) is 0 Å². The quantitative estimate of drug-likeness (QED) is 0.645. The zero-order valence-electron chi connectivity index (χ0n) is 10.2. The zero-order chi connectivity index (χ0) is 13.1. The van der Waals surface area contributed by atoms with Gasteiger partial charge in [-0.25, -0.2) is 0 Å². The zero-order valence-corrected chi connectivity index (χ0v) is 10.2. The van der Waals surface area contributed by atoms with Gasteiger partial charge < -0.3 is 26.7 Å². The molecule has 0 unspecified atom stereocenters. The van der Waals surface area contributed by atoms with E-state index in [1.54, 1.807) is 20.3 Å². The van der Waals surface area contributed by atoms with Crippen LogP contribution in [0.4, 0.5) is 0 Å². The molecule has 0 aliphatic carbocycles. The molecule has 0 saturated heterocycles. The normalized spacial score (nSPS) is 11.1. The third-order valence-electron chi connectivity index (χ3n) is 2.31. The molecule has 0 saturated carbocycles. The number of hydrogen-bond acceptors (Lipinski definition) is 5. The van der Waals surface area contributed by atoms with Crippen molar-refractivity contribution >= 4 is 6.08 Å². The highest BCUT2D eigenvalue weighted by molar-refractivity contribution is 5.58. The lowest BCUT2D eigenvalue weighted by molar-refractivity contribution is 0.346. The summed E-state index contributed by atoms with van der Waals surface area (Å²) in [5, 5.41) is 0. The van der Waals surface area contributed by atoms with Crippen LogP contribution in [-0.4, -0.2) is 20.0 Å². The first-order valence-corrected chi connectivity index (χ1v) is 5.15. The number of nitrogens with two attached hydrogens (primary N) is 3. The lowest BCUT2D eigenvalue weighted by Gasteiger charge is -2.21. The van der Waals surface area contributed by atoms with E-state index in [1.807, 2.05) is 12.1 Å². The van der Waals surface area contributed by atoms with Crippen LogP contribution < -0.4 is 26.7 Å². The van der Waals surface area contributed by atoms with E-state index in [9.17, 15) is 0 Å². The maximum atomic E-state index is 5.61. The number of rotatable bonds is 5. The predicted octanol–water partition coefficient (Wildman–Crippen LogP) is 0.419. The Bertz CT molecular complexity index is 411. The Hall–Kier alpha value is -1.56. The fraction of sp³-hybridized carbons (Fsp3) is 0.333. The first kappa shape index (κ1) is 13.5. The van der Waals surface area contributed by atoms with E-state index in [0.717, 1.165) is 11.1 Å². The average molecular weight is 237 g/mol. The highest BCUT2D eigenvalue weighted by Gasteiger charge is 2.19. The van der Waals surface area contributed by atoms with Crippen LogP contribution in [0.1, 0.15) is 11.1 Å². The molecule has 0 amide bonds. The molecule has 0 aliphatic rings. The summed E-state index contributed by atoms with van der Waals surface area (Å²) < 4.78 is 10.5. The molecule has 17 heavy (non-hydrogen) atoms. The molecule has 94 valence electrons. The molecule has 1 aromatic carbocycles. The summed E-state index contributed by atoms with van der Waals surface area (Å²) in [5.74, 6) is -0.106. The Morgan fingerprint density at radius 1 is 1.24 bits per heavy atom. The van der Waals surface area contributed by atoms with Gasteiger partial charge in [0, 0.05) is 12.0 Å². The van der Waals surface area contributed by atoms with E-state index in [4.69, 9.17) is 26.7 Å². The van der Waals surface area contributed by atoms with Crippen molar-refractivity contribution in [3.63, 3.8) is 0 Å². The van der Waals surface area contributed by atoms with E-state index in [2.05, 4.69) is 6.58 Å². The predicted molar refractivity (Wildman–Crippen MR) is 68.6 cm³/mol. The van der Waals surface area contributed by atoms with Crippen LogP contribution in [-0.2, 0) is 6.42 Å². The van der Waals surface area contributed by atoms with Gasteiger partial charge in [0.05, 0.1) is 14.2 Å². The number of benzene rings is 1. The summed E-state index contributed by atoms with van der Waals surface area (Å²) in [6.07, 6.45) is 1.98. The first-order valence-electron chi connectivity index (χ1n) is 5.15. The molecule has 6 N–H and O–H groups in total. The fourth-order valence-corrected chi connectivity index (χ4v) is 1.65. The van der Waals surface area contributed by atoms with Crippen molar-refractivity contribution in [3.8, 4) is 11.5 Å². The van der Waals surface area contributed by atoms with Crippen LogP contribution in [0.3, 0.4) is 0 Å². The van der Waals surface area contributed by atoms with Crippen LogP contribution in [0, 0.1) is 0 Å². The smallest absolute Gasteiger partial charge is 0.164 e. The maximum absolute atomic E-state index is 5.61. The Kier molecular flexibility index (Phi) is 4.11. The molecular weight excluding hydrogens is 218 g/mol. The Morgan fingerprint density at radius 3 is 2.29 bits per heavy atom. The van der Waals surface area contributed by atoms with Gasteiger partial charge in [-0.1, -0.05) is 12.7 Å². The lowest BCUT2D eigenvalue weighted by atomic mass is 10.0. The molecule has 5 nitrogen and oxygen atoms in total. The molecule has 0 radical (unpaired) electrons. The van der Waals surface area contributed by atoms with E-state index < -0.39 is 5.79 Å². The summed E-state index contributed by atoms with van der Waals surface area (Å²) in [4.78, 5) is 0. The van der Waals surface area contributed by atoms with Crippen LogP contribution in [0.2, 0.25) is 0 Å². The summed E-state index contributed by atoms with van der Waals surface area (Å²) in [5.41, 5.74) is 18.5. The largest absolute Gasteiger partial charge is 0.493 e. The summed E-state index contributed by atoms with van der Waals surface area (Å²) in [6, 6.07) is 3.69. The van der Waals surface area contributed by atoms with Crippen LogP contribution in [0.5, 0.6) is 11.5 Å². The molecular formula is C12H19N3O2. The van der Waals surface area contributed by atoms with Crippen molar-refractivity contribution < 1.29 is 9.47 Å². The highest BCUT2D eigenvalue weighted by atomic mass is 16.5. The van der Waals surface area contributed by atoms with Crippen LogP contribution >= 0.6 is 0 Å². The second-order valence-corrected chi connectivity index (χ2v) is 3.91. The summed E-state index contributed by atoms with van der Waals surface area (Å²) in [7, 11) is 3.12. The van der Waals surface area contributed by atoms with Crippen molar-refractivity contribution in [1.29, 1.82) is 0 Å². The van der Waals surface area contributed by atoms with Crippen LogP contribution in [0.15, 0.2) is 18.7 Å². The standard InChI is InChI=1S/C12H19N3O2/c1-4-8-5-9(7-12(13,14)15)11(17-3)10(6-8)16-2/h4-6H,1,7,13-15H2,2-3H3. The number of ether oxygens (including phenoxy) is 2. The molecule has 1 aromatic rings. The van der Waals surface area contributed by atoms with Gasteiger partial charge in [-0.05, 0) is 17.7 Å². The Labute approximate surface area is 101 Å². The number of methoxy groups -OCH3 is 2. The minimum Gasteiger partial charge on any atom is -0.493 e. The second-order valence-electron chi connectivity index (χ2n) is 3.91. The summed E-state index contributed by atoms with van der Waals surface area (Å²) in [6.45, 7) is 3.71.